The summed E-state index contributed by atoms with van der Waals surface area (Å²) < 4.78 is 2.03. The molecule has 1 aromatic rings. The fourth-order valence-corrected chi connectivity index (χ4v) is 4.18. The second-order valence-electron chi connectivity index (χ2n) is 7.41. The Morgan fingerprint density at radius 2 is 2.00 bits per heavy atom. The van der Waals surface area contributed by atoms with E-state index in [1.807, 2.05) is 15.8 Å². The molecular weight excluding hydrogens is 288 g/mol. The zero-order valence-electron chi connectivity index (χ0n) is 14.7. The average Bonchev–Trinajstić information content (AvgIpc) is 3.22. The van der Waals surface area contributed by atoms with Crippen LogP contribution in [0.25, 0.3) is 0 Å². The highest BCUT2D eigenvalue weighted by atomic mass is 16.2. The predicted octanol–water partition coefficient (Wildman–Crippen LogP) is 2.80. The van der Waals surface area contributed by atoms with E-state index in [4.69, 9.17) is 0 Å². The SMILES string of the molecule is CC[C@@H]1CN(C(=O)c2cnn(C3CCCCC3)c2)C[C@H]1N(C)C. The Morgan fingerprint density at radius 3 is 2.61 bits per heavy atom. The molecule has 1 saturated heterocycles. The van der Waals surface area contributed by atoms with Crippen molar-refractivity contribution in [3.05, 3.63) is 18.0 Å². The molecular formula is C18H30N4O. The Kier molecular flexibility index (Phi) is 5.05. The minimum atomic E-state index is 0.148. The number of carbonyl (C=O) groups is 1. The lowest BCUT2D eigenvalue weighted by molar-refractivity contribution is 0.0781. The molecule has 0 N–H and O–H groups in total. The number of carbonyl (C=O) groups excluding carboxylic acids is 1. The number of nitrogens with zero attached hydrogens (tertiary/aromatic N) is 4. The van der Waals surface area contributed by atoms with Crippen LogP contribution in [0.15, 0.2) is 12.4 Å². The zero-order chi connectivity index (χ0) is 16.4. The molecule has 2 fully saturated rings. The summed E-state index contributed by atoms with van der Waals surface area (Å²) in [6.45, 7) is 3.92. The van der Waals surface area contributed by atoms with Crippen molar-refractivity contribution in [2.45, 2.75) is 57.5 Å². The van der Waals surface area contributed by atoms with Crippen LogP contribution >= 0.6 is 0 Å². The molecule has 23 heavy (non-hydrogen) atoms. The van der Waals surface area contributed by atoms with E-state index in [2.05, 4.69) is 31.0 Å². The molecule has 1 saturated carbocycles. The fraction of sp³-hybridized carbons (Fsp3) is 0.778. The number of likely N-dealkylation sites (N-methyl/N-ethyl adjacent to an activating group) is 1. The van der Waals surface area contributed by atoms with Gasteiger partial charge in [-0.15, -0.1) is 0 Å². The van der Waals surface area contributed by atoms with E-state index >= 15 is 0 Å². The summed E-state index contributed by atoms with van der Waals surface area (Å²) in [4.78, 5) is 17.1. The number of amides is 1. The molecule has 5 heteroatoms. The van der Waals surface area contributed by atoms with E-state index in [9.17, 15) is 4.79 Å². The molecule has 5 nitrogen and oxygen atoms in total. The standard InChI is InChI=1S/C18H30N4O/c1-4-14-11-21(13-17(14)20(2)3)18(23)15-10-19-22(12-15)16-8-6-5-7-9-16/h10,12,14,16-17H,4-9,11,13H2,1-3H3/t14-,17-/m1/s1. The van der Waals surface area contributed by atoms with Gasteiger partial charge in [-0.3, -0.25) is 9.48 Å². The first-order valence-electron chi connectivity index (χ1n) is 9.10. The van der Waals surface area contributed by atoms with Gasteiger partial charge in [0, 0.05) is 25.3 Å². The number of rotatable bonds is 4. The van der Waals surface area contributed by atoms with Crippen molar-refractivity contribution < 1.29 is 4.79 Å². The van der Waals surface area contributed by atoms with Crippen LogP contribution < -0.4 is 0 Å². The Labute approximate surface area is 139 Å². The van der Waals surface area contributed by atoms with Gasteiger partial charge in [0.2, 0.25) is 0 Å². The summed E-state index contributed by atoms with van der Waals surface area (Å²) in [6.07, 6.45) is 11.1. The van der Waals surface area contributed by atoms with Crippen molar-refractivity contribution in [3.63, 3.8) is 0 Å². The molecule has 2 aliphatic rings. The van der Waals surface area contributed by atoms with Crippen LogP contribution in [0.3, 0.4) is 0 Å². The van der Waals surface area contributed by atoms with E-state index in [0.717, 1.165) is 25.1 Å². The summed E-state index contributed by atoms with van der Waals surface area (Å²) in [6, 6.07) is 0.958. The molecule has 0 radical (unpaired) electrons. The van der Waals surface area contributed by atoms with Crippen molar-refractivity contribution in [1.29, 1.82) is 0 Å². The molecule has 2 atom stereocenters. The van der Waals surface area contributed by atoms with Crippen molar-refractivity contribution in [1.82, 2.24) is 19.6 Å². The van der Waals surface area contributed by atoms with Crippen molar-refractivity contribution >= 4 is 5.91 Å². The van der Waals surface area contributed by atoms with Crippen LogP contribution in [-0.2, 0) is 0 Å². The molecule has 2 heterocycles. The first-order chi connectivity index (χ1) is 11.1. The van der Waals surface area contributed by atoms with E-state index in [-0.39, 0.29) is 5.91 Å². The van der Waals surface area contributed by atoms with Gasteiger partial charge >= 0.3 is 0 Å². The maximum absolute atomic E-state index is 12.8. The number of hydrogen-bond donors (Lipinski definition) is 0. The van der Waals surface area contributed by atoms with Crippen LogP contribution in [0.5, 0.6) is 0 Å². The van der Waals surface area contributed by atoms with Crippen LogP contribution in [0.1, 0.15) is 61.8 Å². The Hall–Kier alpha value is -1.36. The maximum atomic E-state index is 12.8. The highest BCUT2D eigenvalue weighted by Gasteiger charge is 2.36. The van der Waals surface area contributed by atoms with E-state index in [1.54, 1.807) is 6.20 Å². The third-order valence-corrected chi connectivity index (χ3v) is 5.68. The summed E-state index contributed by atoms with van der Waals surface area (Å²) in [7, 11) is 4.23. The lowest BCUT2D eigenvalue weighted by atomic mass is 9.96. The monoisotopic (exact) mass is 318 g/mol. The molecule has 1 aliphatic carbocycles. The molecule has 0 unspecified atom stereocenters. The Morgan fingerprint density at radius 1 is 1.26 bits per heavy atom. The first-order valence-corrected chi connectivity index (χ1v) is 9.10. The second-order valence-corrected chi connectivity index (χ2v) is 7.41. The normalized spacial score (nSPS) is 26.2. The molecule has 3 rings (SSSR count). The topological polar surface area (TPSA) is 41.4 Å². The number of likely N-dealkylation sites (tertiary alicyclic amines) is 1. The van der Waals surface area contributed by atoms with Crippen molar-refractivity contribution in [2.75, 3.05) is 27.2 Å². The average molecular weight is 318 g/mol. The summed E-state index contributed by atoms with van der Waals surface area (Å²) in [5.74, 6) is 0.720. The highest BCUT2D eigenvalue weighted by Crippen LogP contribution is 2.28. The Bertz CT molecular complexity index is 533. The third-order valence-electron chi connectivity index (χ3n) is 5.68. The Balaban J connectivity index is 1.67. The predicted molar refractivity (Wildman–Crippen MR) is 91.5 cm³/mol. The van der Waals surface area contributed by atoms with E-state index < -0.39 is 0 Å². The van der Waals surface area contributed by atoms with Crippen molar-refractivity contribution in [2.24, 2.45) is 5.92 Å². The smallest absolute Gasteiger partial charge is 0.257 e. The molecule has 1 aliphatic heterocycles. The maximum Gasteiger partial charge on any atom is 0.257 e. The summed E-state index contributed by atoms with van der Waals surface area (Å²) in [5.41, 5.74) is 0.754. The fourth-order valence-electron chi connectivity index (χ4n) is 4.18. The van der Waals surface area contributed by atoms with E-state index in [1.165, 1.54) is 32.1 Å². The zero-order valence-corrected chi connectivity index (χ0v) is 14.7. The van der Waals surface area contributed by atoms with Gasteiger partial charge in [0.15, 0.2) is 0 Å². The van der Waals surface area contributed by atoms with Gasteiger partial charge in [-0.25, -0.2) is 0 Å². The first kappa shape index (κ1) is 16.5. The third kappa shape index (κ3) is 3.44. The molecule has 1 amide bonds. The van der Waals surface area contributed by atoms with Crippen LogP contribution in [0.2, 0.25) is 0 Å². The lowest BCUT2D eigenvalue weighted by Crippen LogP contribution is -2.36. The van der Waals surface area contributed by atoms with Crippen LogP contribution in [0, 0.1) is 5.92 Å². The number of hydrogen-bond acceptors (Lipinski definition) is 3. The van der Waals surface area contributed by atoms with Gasteiger partial charge in [0.25, 0.3) is 5.91 Å². The summed E-state index contributed by atoms with van der Waals surface area (Å²) >= 11 is 0. The van der Waals surface area contributed by atoms with Crippen LogP contribution in [-0.4, -0.2) is 58.7 Å². The van der Waals surface area contributed by atoms with Crippen LogP contribution in [0.4, 0.5) is 0 Å². The van der Waals surface area contributed by atoms with Gasteiger partial charge in [-0.1, -0.05) is 32.6 Å². The van der Waals surface area contributed by atoms with Crippen molar-refractivity contribution in [3.8, 4) is 0 Å². The minimum absolute atomic E-state index is 0.148. The van der Waals surface area contributed by atoms with Gasteiger partial charge in [-0.05, 0) is 32.9 Å². The molecule has 0 spiro atoms. The molecule has 128 valence electrons. The highest BCUT2D eigenvalue weighted by molar-refractivity contribution is 5.94. The summed E-state index contributed by atoms with van der Waals surface area (Å²) in [5, 5.41) is 4.48. The van der Waals surface area contributed by atoms with Gasteiger partial charge in [0.1, 0.15) is 0 Å². The number of aromatic nitrogens is 2. The minimum Gasteiger partial charge on any atom is -0.337 e. The van der Waals surface area contributed by atoms with Gasteiger partial charge in [0.05, 0.1) is 17.8 Å². The molecule has 1 aromatic heterocycles. The molecule has 0 aromatic carbocycles. The quantitative estimate of drug-likeness (QED) is 0.857. The molecule has 0 bridgehead atoms. The van der Waals surface area contributed by atoms with Gasteiger partial charge in [-0.2, -0.15) is 5.10 Å². The largest absolute Gasteiger partial charge is 0.337 e. The van der Waals surface area contributed by atoms with Gasteiger partial charge < -0.3 is 9.80 Å². The second kappa shape index (κ2) is 7.04. The lowest BCUT2D eigenvalue weighted by Gasteiger charge is -2.23. The van der Waals surface area contributed by atoms with E-state index in [0.29, 0.717) is 18.0 Å².